The van der Waals surface area contributed by atoms with Crippen molar-refractivity contribution in [2.45, 2.75) is 64.2 Å². The normalized spacial score (nSPS) is 26.3. The fourth-order valence-corrected chi connectivity index (χ4v) is 5.49. The van der Waals surface area contributed by atoms with Gasteiger partial charge in [-0.2, -0.15) is 0 Å². The molecular weight excluding hydrogens is 430 g/mol. The van der Waals surface area contributed by atoms with Crippen molar-refractivity contribution in [1.29, 1.82) is 0 Å². The monoisotopic (exact) mass is 465 g/mol. The molecule has 1 heterocycles. The molecule has 4 atom stereocenters. The second-order valence-corrected chi connectivity index (χ2v) is 10.5. The lowest BCUT2D eigenvalue weighted by molar-refractivity contribution is -0.149. The lowest BCUT2D eigenvalue weighted by Gasteiger charge is -2.31. The van der Waals surface area contributed by atoms with Gasteiger partial charge in [0, 0.05) is 12.5 Å². The SMILES string of the molecule is CCOC(=O)[C@@H]1[C@H]2CCC(O)(c3ccc(C(C)(C)C)cc3)[C@H]2CN1C(=O)OCc1ccccc1. The third-order valence-corrected chi connectivity index (χ3v) is 7.34. The van der Waals surface area contributed by atoms with Crippen LogP contribution in [0.5, 0.6) is 0 Å². The Morgan fingerprint density at radius 2 is 1.74 bits per heavy atom. The smallest absolute Gasteiger partial charge is 0.410 e. The first-order chi connectivity index (χ1) is 16.1. The van der Waals surface area contributed by atoms with Gasteiger partial charge in [0.1, 0.15) is 12.6 Å². The number of likely N-dealkylation sites (tertiary alicyclic amines) is 1. The van der Waals surface area contributed by atoms with Crippen molar-refractivity contribution in [3.05, 3.63) is 71.3 Å². The number of aliphatic hydroxyl groups is 1. The molecule has 1 N–H and O–H groups in total. The number of rotatable bonds is 5. The molecule has 1 amide bonds. The van der Waals surface area contributed by atoms with Gasteiger partial charge in [0.15, 0.2) is 0 Å². The zero-order valence-electron chi connectivity index (χ0n) is 20.5. The van der Waals surface area contributed by atoms with Crippen LogP contribution in [-0.2, 0) is 31.9 Å². The zero-order chi connectivity index (χ0) is 24.5. The van der Waals surface area contributed by atoms with Gasteiger partial charge in [-0.3, -0.25) is 4.90 Å². The van der Waals surface area contributed by atoms with Crippen LogP contribution in [0.2, 0.25) is 0 Å². The number of amides is 1. The van der Waals surface area contributed by atoms with Crippen LogP contribution in [0.1, 0.15) is 57.2 Å². The van der Waals surface area contributed by atoms with E-state index in [0.717, 1.165) is 11.1 Å². The number of carbonyl (C=O) groups is 2. The third kappa shape index (κ3) is 4.56. The van der Waals surface area contributed by atoms with Gasteiger partial charge in [-0.05, 0) is 47.8 Å². The highest BCUT2D eigenvalue weighted by Gasteiger charge is 2.60. The largest absolute Gasteiger partial charge is 0.464 e. The summed E-state index contributed by atoms with van der Waals surface area (Å²) in [6.45, 7) is 8.83. The predicted molar refractivity (Wildman–Crippen MR) is 129 cm³/mol. The van der Waals surface area contributed by atoms with Gasteiger partial charge >= 0.3 is 12.1 Å². The van der Waals surface area contributed by atoms with E-state index < -0.39 is 23.7 Å². The van der Waals surface area contributed by atoms with E-state index >= 15 is 0 Å². The molecule has 0 bridgehead atoms. The highest BCUT2D eigenvalue weighted by Crippen LogP contribution is 2.53. The summed E-state index contributed by atoms with van der Waals surface area (Å²) in [7, 11) is 0. The molecule has 2 aromatic rings. The molecule has 4 rings (SSSR count). The molecule has 1 aliphatic heterocycles. The summed E-state index contributed by atoms with van der Waals surface area (Å²) in [5.41, 5.74) is 1.80. The molecule has 0 spiro atoms. The Kier molecular flexibility index (Phi) is 6.72. The van der Waals surface area contributed by atoms with E-state index in [4.69, 9.17) is 9.47 Å². The Labute approximate surface area is 201 Å². The Morgan fingerprint density at radius 1 is 1.06 bits per heavy atom. The molecule has 34 heavy (non-hydrogen) atoms. The van der Waals surface area contributed by atoms with E-state index in [0.29, 0.717) is 12.8 Å². The Hall–Kier alpha value is -2.86. The number of esters is 1. The first-order valence-corrected chi connectivity index (χ1v) is 12.1. The summed E-state index contributed by atoms with van der Waals surface area (Å²) in [5.74, 6) is -0.888. The number of fused-ring (bicyclic) bond motifs is 1. The van der Waals surface area contributed by atoms with Gasteiger partial charge in [0.2, 0.25) is 0 Å². The quantitative estimate of drug-likeness (QED) is 0.643. The number of carbonyl (C=O) groups excluding carboxylic acids is 2. The summed E-state index contributed by atoms with van der Waals surface area (Å²) in [4.78, 5) is 27.5. The molecule has 2 fully saturated rings. The maximum absolute atomic E-state index is 13.1. The van der Waals surface area contributed by atoms with Crippen molar-refractivity contribution < 1.29 is 24.2 Å². The zero-order valence-corrected chi connectivity index (χ0v) is 20.5. The van der Waals surface area contributed by atoms with E-state index in [1.165, 1.54) is 10.5 Å². The van der Waals surface area contributed by atoms with Gasteiger partial charge in [0.05, 0.1) is 12.2 Å². The molecule has 1 aliphatic carbocycles. The Balaban J connectivity index is 1.57. The number of nitrogens with zero attached hydrogens (tertiary/aromatic N) is 1. The molecule has 0 aromatic heterocycles. The average Bonchev–Trinajstić information content (AvgIpc) is 3.36. The minimum absolute atomic E-state index is 0.0149. The highest BCUT2D eigenvalue weighted by molar-refractivity contribution is 5.83. The molecule has 182 valence electrons. The molecule has 2 aliphatic rings. The van der Waals surface area contributed by atoms with Crippen LogP contribution in [0.4, 0.5) is 4.79 Å². The second kappa shape index (κ2) is 9.41. The fraction of sp³-hybridized carbons (Fsp3) is 0.500. The van der Waals surface area contributed by atoms with Crippen molar-refractivity contribution in [1.82, 2.24) is 4.90 Å². The van der Waals surface area contributed by atoms with Crippen LogP contribution < -0.4 is 0 Å². The van der Waals surface area contributed by atoms with Crippen LogP contribution >= 0.6 is 0 Å². The van der Waals surface area contributed by atoms with Crippen molar-refractivity contribution in [2.24, 2.45) is 11.8 Å². The Morgan fingerprint density at radius 3 is 2.35 bits per heavy atom. The number of ether oxygens (including phenoxy) is 2. The van der Waals surface area contributed by atoms with Gasteiger partial charge in [-0.1, -0.05) is 75.4 Å². The molecule has 1 unspecified atom stereocenters. The molecule has 2 aromatic carbocycles. The van der Waals surface area contributed by atoms with Crippen molar-refractivity contribution in [3.8, 4) is 0 Å². The number of hydrogen-bond acceptors (Lipinski definition) is 5. The number of benzene rings is 2. The first-order valence-electron chi connectivity index (χ1n) is 12.1. The first kappa shape index (κ1) is 24.3. The fourth-order valence-electron chi connectivity index (χ4n) is 5.49. The van der Waals surface area contributed by atoms with Gasteiger partial charge in [-0.15, -0.1) is 0 Å². The van der Waals surface area contributed by atoms with Crippen molar-refractivity contribution in [2.75, 3.05) is 13.2 Å². The van der Waals surface area contributed by atoms with Crippen LogP contribution in [0.25, 0.3) is 0 Å². The summed E-state index contributed by atoms with van der Waals surface area (Å²) in [6, 6.07) is 16.8. The van der Waals surface area contributed by atoms with Crippen LogP contribution in [0.3, 0.4) is 0 Å². The standard InChI is InChI=1S/C28H35NO5/c1-5-33-25(30)24-22-15-16-28(32,21-13-11-20(12-14-21)27(2,3)4)23(22)17-29(24)26(31)34-18-19-9-7-6-8-10-19/h6-14,22-24,32H,5,15-18H2,1-4H3/t22-,23-,24-,28?/m0/s1. The van der Waals surface area contributed by atoms with Gasteiger partial charge < -0.3 is 14.6 Å². The second-order valence-electron chi connectivity index (χ2n) is 10.5. The maximum Gasteiger partial charge on any atom is 0.410 e. The van der Waals surface area contributed by atoms with E-state index in [-0.39, 0.29) is 37.0 Å². The lowest BCUT2D eigenvalue weighted by Crippen LogP contribution is -2.44. The van der Waals surface area contributed by atoms with Crippen LogP contribution in [0, 0.1) is 11.8 Å². The molecule has 0 radical (unpaired) electrons. The average molecular weight is 466 g/mol. The number of hydrogen-bond donors (Lipinski definition) is 1. The summed E-state index contributed by atoms with van der Waals surface area (Å²) in [6.07, 6.45) is 0.621. The van der Waals surface area contributed by atoms with Gasteiger partial charge in [-0.25, -0.2) is 9.59 Å². The summed E-state index contributed by atoms with van der Waals surface area (Å²) < 4.78 is 10.9. The van der Waals surface area contributed by atoms with E-state index in [1.807, 2.05) is 42.5 Å². The summed E-state index contributed by atoms with van der Waals surface area (Å²) >= 11 is 0. The molecule has 1 saturated carbocycles. The molecule has 6 nitrogen and oxygen atoms in total. The lowest BCUT2D eigenvalue weighted by atomic mass is 9.79. The van der Waals surface area contributed by atoms with E-state index in [9.17, 15) is 14.7 Å². The Bertz CT molecular complexity index is 1010. The molecule has 6 heteroatoms. The van der Waals surface area contributed by atoms with Crippen LogP contribution in [0.15, 0.2) is 54.6 Å². The minimum Gasteiger partial charge on any atom is -0.464 e. The predicted octanol–water partition coefficient (Wildman–Crippen LogP) is 4.78. The summed E-state index contributed by atoms with van der Waals surface area (Å²) in [5, 5.41) is 11.8. The topological polar surface area (TPSA) is 76.1 Å². The minimum atomic E-state index is -1.11. The molecule has 1 saturated heterocycles. The van der Waals surface area contributed by atoms with Gasteiger partial charge in [0.25, 0.3) is 0 Å². The third-order valence-electron chi connectivity index (χ3n) is 7.34. The van der Waals surface area contributed by atoms with Crippen molar-refractivity contribution >= 4 is 12.1 Å². The van der Waals surface area contributed by atoms with E-state index in [1.54, 1.807) is 6.92 Å². The maximum atomic E-state index is 13.1. The van der Waals surface area contributed by atoms with E-state index in [2.05, 4.69) is 32.9 Å². The highest BCUT2D eigenvalue weighted by atomic mass is 16.6. The van der Waals surface area contributed by atoms with Crippen LogP contribution in [-0.4, -0.2) is 41.3 Å². The van der Waals surface area contributed by atoms with Crippen molar-refractivity contribution in [3.63, 3.8) is 0 Å². The molecular formula is C28H35NO5.